The Balaban J connectivity index is 2.25. The molecule has 0 aromatic heterocycles. The Kier molecular flexibility index (Phi) is 6.74. The van der Waals surface area contributed by atoms with Gasteiger partial charge in [0, 0.05) is 30.5 Å². The van der Waals surface area contributed by atoms with E-state index in [-0.39, 0.29) is 12.2 Å². The predicted molar refractivity (Wildman–Crippen MR) is 103 cm³/mol. The number of amides is 1. The summed E-state index contributed by atoms with van der Waals surface area (Å²) in [5, 5.41) is 9.19. The first kappa shape index (κ1) is 20.8. The summed E-state index contributed by atoms with van der Waals surface area (Å²) < 4.78 is 24.5. The van der Waals surface area contributed by atoms with Crippen molar-refractivity contribution in [3.8, 4) is 0 Å². The van der Waals surface area contributed by atoms with E-state index in [2.05, 4.69) is 0 Å². The highest BCUT2D eigenvalue weighted by atomic mass is 32.2. The van der Waals surface area contributed by atoms with Crippen LogP contribution in [0.4, 0.5) is 0 Å². The monoisotopic (exact) mass is 399 g/mol. The molecule has 1 unspecified atom stereocenters. The molecule has 0 spiro atoms. The molecule has 1 aliphatic heterocycles. The third-order valence-corrected chi connectivity index (χ3v) is 8.22. The van der Waals surface area contributed by atoms with Crippen LogP contribution in [0.15, 0.2) is 30.3 Å². The normalized spacial score (nSPS) is 16.9. The van der Waals surface area contributed by atoms with E-state index in [0.717, 1.165) is 11.5 Å². The van der Waals surface area contributed by atoms with Crippen molar-refractivity contribution < 1.29 is 23.1 Å². The van der Waals surface area contributed by atoms with Gasteiger partial charge in [-0.3, -0.25) is 9.59 Å². The molecule has 6 nitrogen and oxygen atoms in total. The largest absolute Gasteiger partial charge is 0.481 e. The SMILES string of the molecule is CC(C)(C(=O)N1CCSCC1)S(=O)(=O)CC(CC(=O)O)c1ccccc1. The Morgan fingerprint density at radius 1 is 1.19 bits per heavy atom. The number of carbonyl (C=O) groups is 2. The minimum Gasteiger partial charge on any atom is -0.481 e. The lowest BCUT2D eigenvalue weighted by Gasteiger charge is -2.34. The molecule has 1 atom stereocenters. The van der Waals surface area contributed by atoms with E-state index >= 15 is 0 Å². The molecule has 1 N–H and O–H groups in total. The lowest BCUT2D eigenvalue weighted by Crippen LogP contribution is -2.53. The van der Waals surface area contributed by atoms with Crippen molar-refractivity contribution in [2.24, 2.45) is 0 Å². The number of benzene rings is 1. The van der Waals surface area contributed by atoms with Crippen molar-refractivity contribution in [1.29, 1.82) is 0 Å². The first-order chi connectivity index (χ1) is 12.1. The molecular formula is C18H25NO5S2. The van der Waals surface area contributed by atoms with Crippen LogP contribution >= 0.6 is 11.8 Å². The van der Waals surface area contributed by atoms with Gasteiger partial charge in [-0.05, 0) is 19.4 Å². The van der Waals surface area contributed by atoms with Gasteiger partial charge in [-0.25, -0.2) is 8.42 Å². The summed E-state index contributed by atoms with van der Waals surface area (Å²) in [7, 11) is -3.86. The van der Waals surface area contributed by atoms with Gasteiger partial charge in [0.05, 0.1) is 12.2 Å². The fraction of sp³-hybridized carbons (Fsp3) is 0.556. The first-order valence-electron chi connectivity index (χ1n) is 8.51. The zero-order valence-corrected chi connectivity index (χ0v) is 16.7. The molecule has 1 amide bonds. The van der Waals surface area contributed by atoms with Crippen molar-refractivity contribution in [3.63, 3.8) is 0 Å². The molecule has 1 saturated heterocycles. The van der Waals surface area contributed by atoms with Crippen LogP contribution in [0.2, 0.25) is 0 Å². The molecule has 2 rings (SSSR count). The average Bonchev–Trinajstić information content (AvgIpc) is 2.61. The lowest BCUT2D eigenvalue weighted by molar-refractivity contribution is -0.137. The van der Waals surface area contributed by atoms with Crippen LogP contribution in [0, 0.1) is 0 Å². The van der Waals surface area contributed by atoms with Gasteiger partial charge in [0.1, 0.15) is 4.75 Å². The zero-order valence-electron chi connectivity index (χ0n) is 15.1. The molecular weight excluding hydrogens is 374 g/mol. The number of rotatable bonds is 7. The summed E-state index contributed by atoms with van der Waals surface area (Å²) in [6, 6.07) is 8.73. The molecule has 0 bridgehead atoms. The van der Waals surface area contributed by atoms with Crippen molar-refractivity contribution in [2.45, 2.75) is 30.9 Å². The van der Waals surface area contributed by atoms with Crippen molar-refractivity contribution in [3.05, 3.63) is 35.9 Å². The van der Waals surface area contributed by atoms with Gasteiger partial charge in [0.25, 0.3) is 0 Å². The van der Waals surface area contributed by atoms with E-state index in [1.54, 1.807) is 47.0 Å². The van der Waals surface area contributed by atoms with Crippen LogP contribution in [0.5, 0.6) is 0 Å². The van der Waals surface area contributed by atoms with Gasteiger partial charge in [-0.2, -0.15) is 11.8 Å². The third kappa shape index (κ3) is 4.79. The maximum atomic E-state index is 13.1. The number of thioether (sulfide) groups is 1. The Labute approximate surface area is 158 Å². The first-order valence-corrected chi connectivity index (χ1v) is 11.3. The summed E-state index contributed by atoms with van der Waals surface area (Å²) >= 11 is 1.74. The van der Waals surface area contributed by atoms with Gasteiger partial charge in [-0.1, -0.05) is 30.3 Å². The minimum absolute atomic E-state index is 0.298. The molecule has 144 valence electrons. The maximum Gasteiger partial charge on any atom is 0.303 e. The molecule has 1 heterocycles. The molecule has 0 saturated carbocycles. The number of nitrogens with zero attached hydrogens (tertiary/aromatic N) is 1. The van der Waals surface area contributed by atoms with E-state index in [4.69, 9.17) is 0 Å². The van der Waals surface area contributed by atoms with Crippen LogP contribution in [0.3, 0.4) is 0 Å². The van der Waals surface area contributed by atoms with Crippen molar-refractivity contribution in [2.75, 3.05) is 30.3 Å². The smallest absolute Gasteiger partial charge is 0.303 e. The van der Waals surface area contributed by atoms with Crippen LogP contribution in [-0.2, 0) is 19.4 Å². The second kappa shape index (κ2) is 8.43. The number of sulfone groups is 1. The Morgan fingerprint density at radius 2 is 1.77 bits per heavy atom. The quantitative estimate of drug-likeness (QED) is 0.754. The van der Waals surface area contributed by atoms with E-state index in [1.807, 2.05) is 0 Å². The fourth-order valence-electron chi connectivity index (χ4n) is 2.96. The summed E-state index contributed by atoms with van der Waals surface area (Å²) in [6.07, 6.45) is -0.298. The maximum absolute atomic E-state index is 13.1. The van der Waals surface area contributed by atoms with Crippen LogP contribution in [0.25, 0.3) is 0 Å². The Hall–Kier alpha value is -1.54. The highest BCUT2D eigenvalue weighted by Gasteiger charge is 2.45. The fourth-order valence-corrected chi connectivity index (χ4v) is 5.52. The molecule has 8 heteroatoms. The van der Waals surface area contributed by atoms with Gasteiger partial charge in [0.15, 0.2) is 9.84 Å². The summed E-state index contributed by atoms with van der Waals surface area (Å²) in [6.45, 7) is 3.93. The summed E-state index contributed by atoms with van der Waals surface area (Å²) in [5.41, 5.74) is 0.649. The molecule has 26 heavy (non-hydrogen) atoms. The minimum atomic E-state index is -3.86. The molecule has 0 aliphatic carbocycles. The summed E-state index contributed by atoms with van der Waals surface area (Å²) in [5.74, 6) is -0.931. The number of hydrogen-bond donors (Lipinski definition) is 1. The van der Waals surface area contributed by atoms with Crippen LogP contribution in [-0.4, -0.2) is 65.4 Å². The summed E-state index contributed by atoms with van der Waals surface area (Å²) in [4.78, 5) is 25.7. The zero-order chi connectivity index (χ0) is 19.4. The highest BCUT2D eigenvalue weighted by Crippen LogP contribution is 2.29. The molecule has 1 aliphatic rings. The van der Waals surface area contributed by atoms with E-state index in [9.17, 15) is 23.1 Å². The van der Waals surface area contributed by atoms with Gasteiger partial charge in [0.2, 0.25) is 5.91 Å². The number of carbonyl (C=O) groups excluding carboxylic acids is 1. The average molecular weight is 400 g/mol. The second-order valence-electron chi connectivity index (χ2n) is 6.90. The molecule has 0 radical (unpaired) electrons. The number of carboxylic acids is 1. The van der Waals surface area contributed by atoms with Crippen LogP contribution < -0.4 is 0 Å². The second-order valence-corrected chi connectivity index (χ2v) is 10.7. The molecule has 1 aromatic rings. The van der Waals surface area contributed by atoms with Crippen molar-refractivity contribution >= 4 is 33.5 Å². The highest BCUT2D eigenvalue weighted by molar-refractivity contribution is 7.99. The van der Waals surface area contributed by atoms with Gasteiger partial charge in [-0.15, -0.1) is 0 Å². The topological polar surface area (TPSA) is 91.8 Å². The molecule has 1 fully saturated rings. The molecule has 1 aromatic carbocycles. The van der Waals surface area contributed by atoms with E-state index in [1.165, 1.54) is 13.8 Å². The predicted octanol–water partition coefficient (Wildman–Crippen LogP) is 2.01. The van der Waals surface area contributed by atoms with Gasteiger partial charge >= 0.3 is 5.97 Å². The number of aliphatic carboxylic acids is 1. The number of carboxylic acid groups (broad SMARTS) is 1. The Morgan fingerprint density at radius 3 is 2.31 bits per heavy atom. The van der Waals surface area contributed by atoms with E-state index in [0.29, 0.717) is 18.7 Å². The third-order valence-electron chi connectivity index (χ3n) is 4.70. The van der Waals surface area contributed by atoms with Gasteiger partial charge < -0.3 is 10.0 Å². The van der Waals surface area contributed by atoms with Crippen molar-refractivity contribution in [1.82, 2.24) is 4.90 Å². The standard InChI is InChI=1S/C18H25NO5S2/c1-18(2,17(22)19-8-10-25-11-9-19)26(23,24)13-15(12-16(20)21)14-6-4-3-5-7-14/h3-7,15H,8-13H2,1-2H3,(H,20,21). The van der Waals surface area contributed by atoms with E-state index < -0.39 is 32.4 Å². The lowest BCUT2D eigenvalue weighted by atomic mass is 9.98. The Bertz CT molecular complexity index is 740. The van der Waals surface area contributed by atoms with Crippen LogP contribution in [0.1, 0.15) is 31.7 Å². The number of hydrogen-bond acceptors (Lipinski definition) is 5.